The molecule has 0 bridgehead atoms. The topological polar surface area (TPSA) is 34.1 Å². The van der Waals surface area contributed by atoms with E-state index in [1.54, 1.807) is 0 Å². The van der Waals surface area contributed by atoms with Gasteiger partial charge in [0.2, 0.25) is 0 Å². The molecule has 3 heteroatoms. The Morgan fingerprint density at radius 1 is 1.38 bits per heavy atom. The van der Waals surface area contributed by atoms with E-state index in [9.17, 15) is 0 Å². The van der Waals surface area contributed by atoms with Gasteiger partial charge in [-0.05, 0) is 32.0 Å². The number of hydrogen-bond donors (Lipinski definition) is 1. The first-order chi connectivity index (χ1) is 7.86. The van der Waals surface area contributed by atoms with Crippen molar-refractivity contribution < 1.29 is 4.74 Å². The van der Waals surface area contributed by atoms with Gasteiger partial charge in [-0.3, -0.25) is 4.98 Å². The summed E-state index contributed by atoms with van der Waals surface area (Å²) in [4.78, 5) is 4.35. The first-order valence-corrected chi connectivity index (χ1v) is 6.07. The van der Waals surface area contributed by atoms with Crippen molar-refractivity contribution >= 4 is 0 Å². The lowest BCUT2D eigenvalue weighted by Crippen LogP contribution is -2.32. The van der Waals surface area contributed by atoms with Crippen molar-refractivity contribution in [3.63, 3.8) is 0 Å². The Bertz CT molecular complexity index is 264. The molecule has 1 rings (SSSR count). The maximum atomic E-state index is 5.39. The van der Waals surface area contributed by atoms with Gasteiger partial charge in [-0.25, -0.2) is 0 Å². The van der Waals surface area contributed by atoms with Gasteiger partial charge in [-0.15, -0.1) is 0 Å². The van der Waals surface area contributed by atoms with Crippen molar-refractivity contribution in [2.75, 3.05) is 19.8 Å². The molecule has 1 aromatic rings. The average Bonchev–Trinajstić information content (AvgIpc) is 2.31. The van der Waals surface area contributed by atoms with E-state index in [0.717, 1.165) is 38.3 Å². The summed E-state index contributed by atoms with van der Waals surface area (Å²) in [5.41, 5.74) is 1.14. The zero-order chi connectivity index (χ0) is 11.6. The van der Waals surface area contributed by atoms with Gasteiger partial charge in [0.05, 0.1) is 0 Å². The van der Waals surface area contributed by atoms with E-state index >= 15 is 0 Å². The van der Waals surface area contributed by atoms with Crippen LogP contribution >= 0.6 is 0 Å². The quantitative estimate of drug-likeness (QED) is 0.683. The fraction of sp³-hybridized carbons (Fsp3) is 0.615. The van der Waals surface area contributed by atoms with E-state index in [4.69, 9.17) is 4.74 Å². The number of ether oxygens (including phenoxy) is 1. The summed E-state index contributed by atoms with van der Waals surface area (Å²) in [7, 11) is 0. The molecule has 3 nitrogen and oxygen atoms in total. The van der Waals surface area contributed by atoms with E-state index in [2.05, 4.69) is 23.3 Å². The number of likely N-dealkylation sites (N-methyl/N-ethyl adjacent to an activating group) is 1. The van der Waals surface area contributed by atoms with Gasteiger partial charge in [0.25, 0.3) is 0 Å². The van der Waals surface area contributed by atoms with Crippen LogP contribution in [-0.4, -0.2) is 30.8 Å². The number of pyridine rings is 1. The van der Waals surface area contributed by atoms with Crippen LogP contribution in [0.4, 0.5) is 0 Å². The maximum absolute atomic E-state index is 5.39. The van der Waals surface area contributed by atoms with Gasteiger partial charge in [-0.2, -0.15) is 0 Å². The Balaban J connectivity index is 2.38. The van der Waals surface area contributed by atoms with Crippen molar-refractivity contribution in [1.82, 2.24) is 10.3 Å². The summed E-state index contributed by atoms with van der Waals surface area (Å²) >= 11 is 0. The summed E-state index contributed by atoms with van der Waals surface area (Å²) in [5.74, 6) is 0. The summed E-state index contributed by atoms with van der Waals surface area (Å²) in [6.45, 7) is 6.76. The second-order valence-electron chi connectivity index (χ2n) is 3.77. The van der Waals surface area contributed by atoms with Gasteiger partial charge < -0.3 is 10.1 Å². The van der Waals surface area contributed by atoms with Crippen LogP contribution in [0.15, 0.2) is 24.4 Å². The third kappa shape index (κ3) is 5.24. The molecule has 0 aliphatic heterocycles. The molecule has 0 saturated carbocycles. The van der Waals surface area contributed by atoms with Gasteiger partial charge >= 0.3 is 0 Å². The van der Waals surface area contributed by atoms with Gasteiger partial charge in [-0.1, -0.05) is 13.0 Å². The number of nitrogens with zero attached hydrogens (tertiary/aromatic N) is 1. The second kappa shape index (κ2) is 8.25. The lowest BCUT2D eigenvalue weighted by molar-refractivity contribution is 0.136. The van der Waals surface area contributed by atoms with Crippen LogP contribution in [0.25, 0.3) is 0 Å². The van der Waals surface area contributed by atoms with Crippen LogP contribution in [0, 0.1) is 0 Å². The van der Waals surface area contributed by atoms with Crippen LogP contribution in [0.2, 0.25) is 0 Å². The fourth-order valence-corrected chi connectivity index (χ4v) is 1.71. The van der Waals surface area contributed by atoms with Crippen molar-refractivity contribution in [3.8, 4) is 0 Å². The molecule has 0 aliphatic carbocycles. The molecule has 1 unspecified atom stereocenters. The van der Waals surface area contributed by atoms with Crippen molar-refractivity contribution in [2.45, 2.75) is 32.7 Å². The molecule has 0 spiro atoms. The Hall–Kier alpha value is -0.930. The minimum absolute atomic E-state index is 0.464. The number of hydrogen-bond acceptors (Lipinski definition) is 3. The molecule has 0 radical (unpaired) electrons. The number of rotatable bonds is 8. The van der Waals surface area contributed by atoms with Crippen LogP contribution < -0.4 is 5.32 Å². The van der Waals surface area contributed by atoms with Gasteiger partial charge in [0.15, 0.2) is 0 Å². The Morgan fingerprint density at radius 2 is 2.25 bits per heavy atom. The molecule has 1 heterocycles. The first-order valence-electron chi connectivity index (χ1n) is 6.07. The SMILES string of the molecule is CCNC(CCOCC)Cc1ccccn1. The average molecular weight is 222 g/mol. The zero-order valence-electron chi connectivity index (χ0n) is 10.3. The molecule has 0 aliphatic rings. The molecule has 1 aromatic heterocycles. The highest BCUT2D eigenvalue weighted by molar-refractivity contribution is 5.05. The molecule has 0 fully saturated rings. The van der Waals surface area contributed by atoms with Crippen molar-refractivity contribution in [1.29, 1.82) is 0 Å². The molecule has 1 N–H and O–H groups in total. The van der Waals surface area contributed by atoms with E-state index in [1.165, 1.54) is 0 Å². The number of aromatic nitrogens is 1. The molecule has 90 valence electrons. The zero-order valence-corrected chi connectivity index (χ0v) is 10.3. The molecule has 0 saturated heterocycles. The van der Waals surface area contributed by atoms with E-state index in [1.807, 2.05) is 25.3 Å². The lowest BCUT2D eigenvalue weighted by Gasteiger charge is -2.17. The second-order valence-corrected chi connectivity index (χ2v) is 3.77. The van der Waals surface area contributed by atoms with Gasteiger partial charge in [0, 0.05) is 37.6 Å². The van der Waals surface area contributed by atoms with Crippen LogP contribution in [0.1, 0.15) is 26.0 Å². The molecule has 16 heavy (non-hydrogen) atoms. The summed E-state index contributed by atoms with van der Waals surface area (Å²) in [6.07, 6.45) is 3.86. The molecular weight excluding hydrogens is 200 g/mol. The summed E-state index contributed by atoms with van der Waals surface area (Å²) < 4.78 is 5.39. The lowest BCUT2D eigenvalue weighted by atomic mass is 10.1. The van der Waals surface area contributed by atoms with E-state index in [0.29, 0.717) is 6.04 Å². The van der Waals surface area contributed by atoms with Crippen LogP contribution in [0.5, 0.6) is 0 Å². The highest BCUT2D eigenvalue weighted by Gasteiger charge is 2.08. The Labute approximate surface area is 98.2 Å². The predicted octanol–water partition coefficient (Wildman–Crippen LogP) is 2.03. The first kappa shape index (κ1) is 13.1. The monoisotopic (exact) mass is 222 g/mol. The van der Waals surface area contributed by atoms with Crippen LogP contribution in [-0.2, 0) is 11.2 Å². The Morgan fingerprint density at radius 3 is 2.88 bits per heavy atom. The standard InChI is InChI=1S/C13H22N2O/c1-3-14-13(8-10-16-4-2)11-12-7-5-6-9-15-12/h5-7,9,13-14H,3-4,8,10-11H2,1-2H3. The minimum Gasteiger partial charge on any atom is -0.382 e. The Kier molecular flexibility index (Phi) is 6.77. The van der Waals surface area contributed by atoms with E-state index < -0.39 is 0 Å². The fourth-order valence-electron chi connectivity index (χ4n) is 1.71. The van der Waals surface area contributed by atoms with Crippen LogP contribution in [0.3, 0.4) is 0 Å². The molecule has 0 amide bonds. The van der Waals surface area contributed by atoms with Gasteiger partial charge in [0.1, 0.15) is 0 Å². The minimum atomic E-state index is 0.464. The molecular formula is C13H22N2O. The van der Waals surface area contributed by atoms with Crippen molar-refractivity contribution in [2.24, 2.45) is 0 Å². The largest absolute Gasteiger partial charge is 0.382 e. The third-order valence-corrected chi connectivity index (χ3v) is 2.49. The predicted molar refractivity (Wildman–Crippen MR) is 66.5 cm³/mol. The molecule has 1 atom stereocenters. The molecule has 0 aromatic carbocycles. The smallest absolute Gasteiger partial charge is 0.0480 e. The normalized spacial score (nSPS) is 12.6. The van der Waals surface area contributed by atoms with E-state index in [-0.39, 0.29) is 0 Å². The third-order valence-electron chi connectivity index (χ3n) is 2.49. The highest BCUT2D eigenvalue weighted by Crippen LogP contribution is 2.03. The summed E-state index contributed by atoms with van der Waals surface area (Å²) in [6, 6.07) is 6.52. The van der Waals surface area contributed by atoms with Crippen molar-refractivity contribution in [3.05, 3.63) is 30.1 Å². The maximum Gasteiger partial charge on any atom is 0.0480 e. The number of nitrogens with one attached hydrogen (secondary N) is 1. The highest BCUT2D eigenvalue weighted by atomic mass is 16.5. The summed E-state index contributed by atoms with van der Waals surface area (Å²) in [5, 5.41) is 3.47.